The number of benzene rings is 2. The Morgan fingerprint density at radius 3 is 2.42 bits per heavy atom. The van der Waals surface area contributed by atoms with Gasteiger partial charge in [-0.15, -0.1) is 0 Å². The van der Waals surface area contributed by atoms with Gasteiger partial charge in [0, 0.05) is 17.2 Å². The SMILES string of the molecule is COC(N)=C(C=N)c1ccc(C(=N)C(=O)c2coc3ccccc23)cc1. The number of furan rings is 1. The number of ether oxygens (including phenoxy) is 1. The number of methoxy groups -OCH3 is 1. The standard InChI is InChI=1S/C20H17N3O3/c1-25-20(23)15(10-21)12-6-8-13(9-7-12)18(22)19(24)16-11-26-17-5-3-2-4-14(16)17/h2-11,21-22H,23H2,1H3. The molecule has 0 radical (unpaired) electrons. The van der Waals surface area contributed by atoms with Gasteiger partial charge in [0.25, 0.3) is 0 Å². The lowest BCUT2D eigenvalue weighted by atomic mass is 9.98. The monoisotopic (exact) mass is 347 g/mol. The van der Waals surface area contributed by atoms with E-state index in [9.17, 15) is 4.79 Å². The van der Waals surface area contributed by atoms with E-state index in [0.717, 1.165) is 6.21 Å². The summed E-state index contributed by atoms with van der Waals surface area (Å²) in [5, 5.41) is 16.4. The van der Waals surface area contributed by atoms with Crippen LogP contribution in [-0.2, 0) is 4.74 Å². The molecule has 1 heterocycles. The summed E-state index contributed by atoms with van der Waals surface area (Å²) in [4.78, 5) is 12.7. The number of hydrogen-bond donors (Lipinski definition) is 3. The summed E-state index contributed by atoms with van der Waals surface area (Å²) in [6, 6.07) is 13.9. The predicted molar refractivity (Wildman–Crippen MR) is 101 cm³/mol. The first kappa shape index (κ1) is 17.2. The Balaban J connectivity index is 1.91. The van der Waals surface area contributed by atoms with E-state index >= 15 is 0 Å². The van der Waals surface area contributed by atoms with Crippen LogP contribution in [0.4, 0.5) is 0 Å². The largest absolute Gasteiger partial charge is 0.482 e. The van der Waals surface area contributed by atoms with Crippen LogP contribution in [0.5, 0.6) is 0 Å². The van der Waals surface area contributed by atoms with Gasteiger partial charge in [-0.1, -0.05) is 42.5 Å². The van der Waals surface area contributed by atoms with Gasteiger partial charge in [0.1, 0.15) is 17.6 Å². The third-order valence-corrected chi connectivity index (χ3v) is 4.07. The molecular formula is C20H17N3O3. The van der Waals surface area contributed by atoms with Gasteiger partial charge in [0.05, 0.1) is 18.2 Å². The number of nitrogens with one attached hydrogen (secondary N) is 2. The van der Waals surface area contributed by atoms with E-state index in [4.69, 9.17) is 25.7 Å². The van der Waals surface area contributed by atoms with Crippen molar-refractivity contribution in [2.75, 3.05) is 7.11 Å². The maximum Gasteiger partial charge on any atom is 0.215 e. The number of para-hydroxylation sites is 1. The Morgan fingerprint density at radius 1 is 1.12 bits per heavy atom. The van der Waals surface area contributed by atoms with Gasteiger partial charge in [-0.25, -0.2) is 0 Å². The van der Waals surface area contributed by atoms with Crippen molar-refractivity contribution >= 4 is 34.3 Å². The molecule has 4 N–H and O–H groups in total. The Bertz CT molecular complexity index is 1030. The molecule has 0 saturated heterocycles. The van der Waals surface area contributed by atoms with E-state index in [1.165, 1.54) is 13.4 Å². The molecule has 0 aliphatic carbocycles. The molecule has 0 unspecified atom stereocenters. The van der Waals surface area contributed by atoms with Crippen LogP contribution in [0.1, 0.15) is 21.5 Å². The van der Waals surface area contributed by atoms with Crippen LogP contribution in [0.3, 0.4) is 0 Å². The van der Waals surface area contributed by atoms with Gasteiger partial charge in [0.15, 0.2) is 5.88 Å². The highest BCUT2D eigenvalue weighted by molar-refractivity contribution is 6.51. The molecule has 0 bridgehead atoms. The number of Topliss-reactive ketones (excluding diaryl/α,β-unsaturated/α-hetero) is 1. The number of carbonyl (C=O) groups excluding carboxylic acids is 1. The smallest absolute Gasteiger partial charge is 0.215 e. The molecule has 6 nitrogen and oxygen atoms in total. The highest BCUT2D eigenvalue weighted by Crippen LogP contribution is 2.23. The Kier molecular flexibility index (Phi) is 4.66. The number of hydrogen-bond acceptors (Lipinski definition) is 6. The first-order valence-corrected chi connectivity index (χ1v) is 7.81. The highest BCUT2D eigenvalue weighted by atomic mass is 16.5. The van der Waals surface area contributed by atoms with Crippen LogP contribution in [0.15, 0.2) is 65.1 Å². The van der Waals surface area contributed by atoms with Gasteiger partial charge < -0.3 is 20.3 Å². The second-order valence-electron chi connectivity index (χ2n) is 5.55. The zero-order chi connectivity index (χ0) is 18.7. The summed E-state index contributed by atoms with van der Waals surface area (Å²) in [5.74, 6) is -0.286. The fourth-order valence-electron chi connectivity index (χ4n) is 2.64. The molecule has 3 aromatic rings. The lowest BCUT2D eigenvalue weighted by Gasteiger charge is -2.08. The average Bonchev–Trinajstić information content (AvgIpc) is 3.12. The van der Waals surface area contributed by atoms with Crippen LogP contribution in [-0.4, -0.2) is 24.8 Å². The minimum absolute atomic E-state index is 0.128. The van der Waals surface area contributed by atoms with Crippen molar-refractivity contribution in [2.24, 2.45) is 5.73 Å². The maximum atomic E-state index is 12.7. The minimum atomic E-state index is -0.415. The average molecular weight is 347 g/mol. The maximum absolute atomic E-state index is 12.7. The molecule has 3 rings (SSSR count). The molecular weight excluding hydrogens is 330 g/mol. The summed E-state index contributed by atoms with van der Waals surface area (Å²) in [5.41, 5.74) is 8.11. The van der Waals surface area contributed by atoms with E-state index in [-0.39, 0.29) is 11.6 Å². The van der Waals surface area contributed by atoms with Crippen LogP contribution >= 0.6 is 0 Å². The van der Waals surface area contributed by atoms with E-state index in [1.54, 1.807) is 36.4 Å². The third-order valence-electron chi connectivity index (χ3n) is 4.07. The molecule has 0 aliphatic heterocycles. The molecule has 0 amide bonds. The van der Waals surface area contributed by atoms with E-state index in [1.807, 2.05) is 12.1 Å². The van der Waals surface area contributed by atoms with Crippen molar-refractivity contribution in [1.29, 1.82) is 10.8 Å². The van der Waals surface area contributed by atoms with E-state index < -0.39 is 5.78 Å². The molecule has 0 atom stereocenters. The van der Waals surface area contributed by atoms with Gasteiger partial charge in [-0.2, -0.15) is 0 Å². The van der Waals surface area contributed by atoms with Crippen molar-refractivity contribution in [2.45, 2.75) is 0 Å². The number of nitrogens with two attached hydrogens (primary N) is 1. The fraction of sp³-hybridized carbons (Fsp3) is 0.0500. The predicted octanol–water partition coefficient (Wildman–Crippen LogP) is 3.61. The molecule has 0 aliphatic rings. The summed E-state index contributed by atoms with van der Waals surface area (Å²) >= 11 is 0. The molecule has 130 valence electrons. The van der Waals surface area contributed by atoms with Gasteiger partial charge in [-0.05, 0) is 11.6 Å². The number of allylic oxidation sites excluding steroid dienone is 1. The number of carbonyl (C=O) groups is 1. The van der Waals surface area contributed by atoms with Crippen molar-refractivity contribution in [3.8, 4) is 0 Å². The number of ketones is 1. The lowest BCUT2D eigenvalue weighted by molar-refractivity contribution is 0.106. The van der Waals surface area contributed by atoms with Crippen LogP contribution in [0.2, 0.25) is 0 Å². The number of fused-ring (bicyclic) bond motifs is 1. The summed E-state index contributed by atoms with van der Waals surface area (Å²) in [6.45, 7) is 0. The first-order chi connectivity index (χ1) is 12.6. The summed E-state index contributed by atoms with van der Waals surface area (Å²) in [6.07, 6.45) is 2.48. The van der Waals surface area contributed by atoms with Gasteiger partial charge in [0.2, 0.25) is 5.78 Å². The van der Waals surface area contributed by atoms with E-state index in [0.29, 0.717) is 33.2 Å². The van der Waals surface area contributed by atoms with Crippen molar-refractivity contribution in [1.82, 2.24) is 0 Å². The summed E-state index contributed by atoms with van der Waals surface area (Å²) < 4.78 is 10.3. The summed E-state index contributed by atoms with van der Waals surface area (Å²) in [7, 11) is 1.43. The van der Waals surface area contributed by atoms with Crippen LogP contribution < -0.4 is 5.73 Å². The highest BCUT2D eigenvalue weighted by Gasteiger charge is 2.19. The normalized spacial score (nSPS) is 11.7. The molecule has 0 saturated carbocycles. The third kappa shape index (κ3) is 3.00. The quantitative estimate of drug-likeness (QED) is 0.359. The Hall–Kier alpha value is -3.67. The minimum Gasteiger partial charge on any atom is -0.482 e. The van der Waals surface area contributed by atoms with Gasteiger partial charge in [-0.3, -0.25) is 10.2 Å². The molecule has 2 aromatic carbocycles. The second-order valence-corrected chi connectivity index (χ2v) is 5.55. The molecule has 0 fully saturated rings. The molecule has 1 aromatic heterocycles. The van der Waals surface area contributed by atoms with E-state index in [2.05, 4.69) is 0 Å². The van der Waals surface area contributed by atoms with Crippen molar-refractivity contribution in [3.63, 3.8) is 0 Å². The topological polar surface area (TPSA) is 113 Å². The Morgan fingerprint density at radius 2 is 1.77 bits per heavy atom. The zero-order valence-electron chi connectivity index (χ0n) is 14.1. The fourth-order valence-corrected chi connectivity index (χ4v) is 2.64. The lowest BCUT2D eigenvalue weighted by Crippen LogP contribution is -2.14. The number of rotatable bonds is 6. The zero-order valence-corrected chi connectivity index (χ0v) is 14.1. The molecule has 0 spiro atoms. The second kappa shape index (κ2) is 7.06. The Labute approximate surface area is 149 Å². The molecule has 6 heteroatoms. The van der Waals surface area contributed by atoms with Gasteiger partial charge >= 0.3 is 0 Å². The first-order valence-electron chi connectivity index (χ1n) is 7.81. The molecule has 26 heavy (non-hydrogen) atoms. The van der Waals surface area contributed by atoms with Crippen LogP contribution in [0.25, 0.3) is 16.5 Å². The van der Waals surface area contributed by atoms with Crippen molar-refractivity contribution < 1.29 is 13.9 Å². The van der Waals surface area contributed by atoms with Crippen molar-refractivity contribution in [3.05, 3.63) is 77.4 Å². The van der Waals surface area contributed by atoms with Crippen LogP contribution in [0, 0.1) is 10.8 Å².